The Morgan fingerprint density at radius 2 is 2.10 bits per heavy atom. The molecule has 3 N–H and O–H groups in total. The highest BCUT2D eigenvalue weighted by Gasteiger charge is 2.08. The summed E-state index contributed by atoms with van der Waals surface area (Å²) in [7, 11) is 1.55. The molecule has 0 atom stereocenters. The van der Waals surface area contributed by atoms with Gasteiger partial charge in [0.1, 0.15) is 5.75 Å². The molecule has 5 heteroatoms. The van der Waals surface area contributed by atoms with Crippen LogP contribution in [0.1, 0.15) is 30.6 Å². The number of ether oxygens (including phenoxy) is 1. The Hall–Kier alpha value is -1.75. The minimum Gasteiger partial charge on any atom is -0.495 e. The number of carbonyl (C=O) groups is 1. The lowest BCUT2D eigenvalue weighted by molar-refractivity contribution is 0.0948. The fourth-order valence-electron chi connectivity index (χ4n) is 2.05. The van der Waals surface area contributed by atoms with Crippen LogP contribution in [-0.2, 0) is 0 Å². The molecule has 1 aromatic rings. The van der Waals surface area contributed by atoms with Gasteiger partial charge in [-0.05, 0) is 37.7 Å². The van der Waals surface area contributed by atoms with Crippen molar-refractivity contribution in [3.63, 3.8) is 0 Å². The Morgan fingerprint density at radius 1 is 1.35 bits per heavy atom. The summed E-state index contributed by atoms with van der Waals surface area (Å²) < 4.78 is 5.07. The number of benzene rings is 1. The van der Waals surface area contributed by atoms with Crippen molar-refractivity contribution in [1.82, 2.24) is 10.2 Å². The molecule has 0 spiro atoms. The first kappa shape index (κ1) is 16.3. The molecular formula is C15H25N3O2. The number of hydrogen-bond donors (Lipinski definition) is 2. The van der Waals surface area contributed by atoms with E-state index in [4.69, 9.17) is 10.5 Å². The molecule has 0 aliphatic carbocycles. The van der Waals surface area contributed by atoms with Gasteiger partial charge in [-0.2, -0.15) is 0 Å². The summed E-state index contributed by atoms with van der Waals surface area (Å²) in [6, 6.07) is 5.06. The van der Waals surface area contributed by atoms with Gasteiger partial charge in [0.25, 0.3) is 5.91 Å². The van der Waals surface area contributed by atoms with Crippen LogP contribution in [0.4, 0.5) is 5.69 Å². The molecule has 0 saturated carbocycles. The number of rotatable bonds is 8. The fraction of sp³-hybridized carbons (Fsp3) is 0.533. The summed E-state index contributed by atoms with van der Waals surface area (Å²) in [6.07, 6.45) is 1.12. The van der Waals surface area contributed by atoms with Gasteiger partial charge in [-0.3, -0.25) is 4.79 Å². The number of nitrogens with one attached hydrogen (secondary N) is 1. The van der Waals surface area contributed by atoms with Crippen LogP contribution in [0.5, 0.6) is 5.75 Å². The number of methoxy groups -OCH3 is 1. The summed E-state index contributed by atoms with van der Waals surface area (Å²) in [5, 5.41) is 2.91. The molecule has 0 fully saturated rings. The predicted molar refractivity (Wildman–Crippen MR) is 82.1 cm³/mol. The maximum Gasteiger partial charge on any atom is 0.251 e. The minimum atomic E-state index is -0.105. The zero-order chi connectivity index (χ0) is 15.0. The number of likely N-dealkylation sites (N-methyl/N-ethyl adjacent to an activating group) is 1. The van der Waals surface area contributed by atoms with E-state index in [1.54, 1.807) is 25.3 Å². The predicted octanol–water partition coefficient (Wildman–Crippen LogP) is 1.74. The molecule has 0 aliphatic heterocycles. The van der Waals surface area contributed by atoms with Crippen molar-refractivity contribution in [3.8, 4) is 5.75 Å². The second-order valence-corrected chi connectivity index (χ2v) is 4.65. The molecule has 1 aromatic carbocycles. The summed E-state index contributed by atoms with van der Waals surface area (Å²) in [6.45, 7) is 7.84. The first-order valence-electron chi connectivity index (χ1n) is 7.06. The Bertz CT molecular complexity index is 435. The average Bonchev–Trinajstić information content (AvgIpc) is 2.46. The van der Waals surface area contributed by atoms with Crippen LogP contribution < -0.4 is 15.8 Å². The molecule has 0 aliphatic rings. The van der Waals surface area contributed by atoms with Crippen LogP contribution in [0, 0.1) is 0 Å². The van der Waals surface area contributed by atoms with Gasteiger partial charge in [0.15, 0.2) is 0 Å². The highest BCUT2D eigenvalue weighted by molar-refractivity contribution is 5.95. The van der Waals surface area contributed by atoms with E-state index in [0.29, 0.717) is 23.5 Å². The number of nitrogens with two attached hydrogens (primary N) is 1. The fourth-order valence-corrected chi connectivity index (χ4v) is 2.05. The van der Waals surface area contributed by atoms with Crippen molar-refractivity contribution in [1.29, 1.82) is 0 Å². The van der Waals surface area contributed by atoms with E-state index in [1.165, 1.54) is 0 Å². The van der Waals surface area contributed by atoms with E-state index in [-0.39, 0.29) is 5.91 Å². The summed E-state index contributed by atoms with van der Waals surface area (Å²) >= 11 is 0. The van der Waals surface area contributed by atoms with Crippen molar-refractivity contribution in [3.05, 3.63) is 23.8 Å². The Labute approximate surface area is 121 Å². The van der Waals surface area contributed by atoms with Gasteiger partial charge < -0.3 is 20.7 Å². The van der Waals surface area contributed by atoms with Crippen molar-refractivity contribution in [2.45, 2.75) is 20.3 Å². The maximum atomic E-state index is 12.0. The summed E-state index contributed by atoms with van der Waals surface area (Å²) in [4.78, 5) is 14.3. The van der Waals surface area contributed by atoms with E-state index in [9.17, 15) is 4.79 Å². The molecule has 0 radical (unpaired) electrons. The molecule has 0 saturated heterocycles. The molecule has 0 aromatic heterocycles. The molecule has 1 rings (SSSR count). The second kappa shape index (κ2) is 8.43. The molecule has 0 unspecified atom stereocenters. The van der Waals surface area contributed by atoms with Crippen LogP contribution >= 0.6 is 0 Å². The number of carbonyl (C=O) groups excluding carboxylic acids is 1. The van der Waals surface area contributed by atoms with E-state index in [1.807, 2.05) is 0 Å². The van der Waals surface area contributed by atoms with Crippen molar-refractivity contribution in [2.24, 2.45) is 0 Å². The van der Waals surface area contributed by atoms with Crippen molar-refractivity contribution >= 4 is 11.6 Å². The lowest BCUT2D eigenvalue weighted by Crippen LogP contribution is -2.35. The lowest BCUT2D eigenvalue weighted by atomic mass is 10.2. The third-order valence-electron chi connectivity index (χ3n) is 3.19. The van der Waals surface area contributed by atoms with Crippen LogP contribution in [-0.4, -0.2) is 44.1 Å². The van der Waals surface area contributed by atoms with Gasteiger partial charge in [-0.25, -0.2) is 0 Å². The first-order chi connectivity index (χ1) is 9.62. The normalized spacial score (nSPS) is 10.6. The number of nitrogens with zero attached hydrogens (tertiary/aromatic N) is 1. The SMILES string of the molecule is CCCN(CC)CCNC(=O)c1ccc(OC)c(N)c1. The van der Waals surface area contributed by atoms with Gasteiger partial charge in [0.2, 0.25) is 0 Å². The van der Waals surface area contributed by atoms with Crippen LogP contribution in [0.15, 0.2) is 18.2 Å². The van der Waals surface area contributed by atoms with Gasteiger partial charge in [-0.1, -0.05) is 13.8 Å². The number of hydrogen-bond acceptors (Lipinski definition) is 4. The van der Waals surface area contributed by atoms with Crippen LogP contribution in [0.2, 0.25) is 0 Å². The largest absolute Gasteiger partial charge is 0.495 e. The van der Waals surface area contributed by atoms with E-state index in [2.05, 4.69) is 24.1 Å². The number of anilines is 1. The first-order valence-corrected chi connectivity index (χ1v) is 7.06. The van der Waals surface area contributed by atoms with Crippen molar-refractivity contribution in [2.75, 3.05) is 39.0 Å². The van der Waals surface area contributed by atoms with Gasteiger partial charge >= 0.3 is 0 Å². The molecule has 20 heavy (non-hydrogen) atoms. The zero-order valence-corrected chi connectivity index (χ0v) is 12.6. The number of nitrogen functional groups attached to an aromatic ring is 1. The Kier molecular flexibility index (Phi) is 6.87. The Morgan fingerprint density at radius 3 is 2.65 bits per heavy atom. The molecule has 0 heterocycles. The third kappa shape index (κ3) is 4.74. The molecule has 5 nitrogen and oxygen atoms in total. The molecule has 1 amide bonds. The van der Waals surface area contributed by atoms with Crippen LogP contribution in [0.3, 0.4) is 0 Å². The van der Waals surface area contributed by atoms with Crippen LogP contribution in [0.25, 0.3) is 0 Å². The summed E-state index contributed by atoms with van der Waals surface area (Å²) in [5.41, 5.74) is 6.83. The van der Waals surface area contributed by atoms with E-state index in [0.717, 1.165) is 26.1 Å². The highest BCUT2D eigenvalue weighted by Crippen LogP contribution is 2.21. The monoisotopic (exact) mass is 279 g/mol. The minimum absolute atomic E-state index is 0.105. The van der Waals surface area contributed by atoms with Crippen molar-refractivity contribution < 1.29 is 9.53 Å². The molecular weight excluding hydrogens is 254 g/mol. The summed E-state index contributed by atoms with van der Waals surface area (Å²) in [5.74, 6) is 0.480. The average molecular weight is 279 g/mol. The highest BCUT2D eigenvalue weighted by atomic mass is 16.5. The quantitative estimate of drug-likeness (QED) is 0.711. The van der Waals surface area contributed by atoms with Gasteiger partial charge in [-0.15, -0.1) is 0 Å². The zero-order valence-electron chi connectivity index (χ0n) is 12.6. The van der Waals surface area contributed by atoms with E-state index < -0.39 is 0 Å². The number of amides is 1. The third-order valence-corrected chi connectivity index (χ3v) is 3.19. The smallest absolute Gasteiger partial charge is 0.251 e. The standard InChI is InChI=1S/C15H25N3O2/c1-4-9-18(5-2)10-8-17-15(19)12-6-7-14(20-3)13(16)11-12/h6-7,11H,4-5,8-10,16H2,1-3H3,(H,17,19). The lowest BCUT2D eigenvalue weighted by Gasteiger charge is -2.19. The van der Waals surface area contributed by atoms with Gasteiger partial charge in [0.05, 0.1) is 12.8 Å². The molecule has 112 valence electrons. The second-order valence-electron chi connectivity index (χ2n) is 4.65. The van der Waals surface area contributed by atoms with E-state index >= 15 is 0 Å². The molecule has 0 bridgehead atoms. The maximum absolute atomic E-state index is 12.0. The van der Waals surface area contributed by atoms with Gasteiger partial charge in [0, 0.05) is 18.7 Å². The Balaban J connectivity index is 2.48. The topological polar surface area (TPSA) is 67.6 Å².